The Balaban J connectivity index is 1.95. The van der Waals surface area contributed by atoms with Gasteiger partial charge in [0.05, 0.1) is 12.8 Å². The number of aromatic nitrogens is 2. The molecule has 0 radical (unpaired) electrons. The molecule has 1 aliphatic rings. The molecule has 0 amide bonds. The zero-order valence-corrected chi connectivity index (χ0v) is 10.7. The first kappa shape index (κ1) is 12.7. The molecule has 1 aliphatic heterocycles. The molecular weight excluding hydrogens is 230 g/mol. The first-order valence-corrected chi connectivity index (χ1v) is 6.40. The third-order valence-electron chi connectivity index (χ3n) is 2.82. The van der Waals surface area contributed by atoms with Crippen LogP contribution in [0, 0.1) is 0 Å². The molecular formula is C13H19N3O2. The van der Waals surface area contributed by atoms with Crippen LogP contribution in [-0.2, 0) is 16.1 Å². The Morgan fingerprint density at radius 1 is 1.61 bits per heavy atom. The van der Waals surface area contributed by atoms with E-state index in [4.69, 9.17) is 4.74 Å². The zero-order chi connectivity index (χ0) is 12.8. The number of allylic oxidation sites excluding steroid dienone is 1. The summed E-state index contributed by atoms with van der Waals surface area (Å²) in [4.78, 5) is 11.3. The summed E-state index contributed by atoms with van der Waals surface area (Å²) in [6.07, 6.45) is 9.27. The standard InChI is InChI=1S/C13H19N3O2/c1-2-18-13(17)10-16-9-11(8-15-16)7-12-5-3-4-6-14-12/h7-9,14H,2-6,10H2,1H3. The minimum Gasteiger partial charge on any atom is -0.465 e. The molecule has 0 saturated carbocycles. The SMILES string of the molecule is CCOC(=O)Cn1cc(C=C2CCCCN2)cn1. The van der Waals surface area contributed by atoms with Crippen LogP contribution in [-0.4, -0.2) is 28.9 Å². The van der Waals surface area contributed by atoms with Crippen LogP contribution >= 0.6 is 0 Å². The molecule has 1 fully saturated rings. The Morgan fingerprint density at radius 3 is 3.22 bits per heavy atom. The van der Waals surface area contributed by atoms with Crippen LogP contribution < -0.4 is 5.32 Å². The van der Waals surface area contributed by atoms with Crippen molar-refractivity contribution in [3.63, 3.8) is 0 Å². The second-order valence-corrected chi connectivity index (χ2v) is 4.33. The van der Waals surface area contributed by atoms with Crippen LogP contribution in [0.15, 0.2) is 18.1 Å². The van der Waals surface area contributed by atoms with Gasteiger partial charge in [0.25, 0.3) is 0 Å². The lowest BCUT2D eigenvalue weighted by atomic mass is 10.1. The lowest BCUT2D eigenvalue weighted by molar-refractivity contribution is -0.144. The molecule has 1 saturated heterocycles. The maximum Gasteiger partial charge on any atom is 0.327 e. The number of ether oxygens (including phenoxy) is 1. The van der Waals surface area contributed by atoms with Crippen molar-refractivity contribution in [2.24, 2.45) is 0 Å². The topological polar surface area (TPSA) is 56.1 Å². The summed E-state index contributed by atoms with van der Waals surface area (Å²) in [7, 11) is 0. The number of carbonyl (C=O) groups excluding carboxylic acids is 1. The van der Waals surface area contributed by atoms with E-state index < -0.39 is 0 Å². The Kier molecular flexibility index (Phi) is 4.39. The Bertz CT molecular complexity index is 429. The van der Waals surface area contributed by atoms with Gasteiger partial charge in [-0.15, -0.1) is 0 Å². The van der Waals surface area contributed by atoms with Crippen molar-refractivity contribution in [3.05, 3.63) is 23.7 Å². The smallest absolute Gasteiger partial charge is 0.327 e. The van der Waals surface area contributed by atoms with E-state index in [0.717, 1.165) is 18.5 Å². The number of hydrogen-bond acceptors (Lipinski definition) is 4. The first-order chi connectivity index (χ1) is 8.78. The van der Waals surface area contributed by atoms with E-state index in [2.05, 4.69) is 16.5 Å². The van der Waals surface area contributed by atoms with E-state index in [-0.39, 0.29) is 12.5 Å². The van der Waals surface area contributed by atoms with Gasteiger partial charge in [0, 0.05) is 24.0 Å². The molecule has 5 heteroatoms. The van der Waals surface area contributed by atoms with Crippen molar-refractivity contribution >= 4 is 12.0 Å². The fourth-order valence-electron chi connectivity index (χ4n) is 1.98. The van der Waals surface area contributed by atoms with Crippen molar-refractivity contribution in [1.82, 2.24) is 15.1 Å². The molecule has 98 valence electrons. The van der Waals surface area contributed by atoms with Crippen molar-refractivity contribution in [3.8, 4) is 0 Å². The minimum atomic E-state index is -0.254. The number of piperidine rings is 1. The van der Waals surface area contributed by atoms with Gasteiger partial charge in [-0.3, -0.25) is 9.48 Å². The van der Waals surface area contributed by atoms with Gasteiger partial charge in [-0.1, -0.05) is 0 Å². The summed E-state index contributed by atoms with van der Waals surface area (Å²) in [5.41, 5.74) is 2.26. The molecule has 0 unspecified atom stereocenters. The molecule has 18 heavy (non-hydrogen) atoms. The van der Waals surface area contributed by atoms with Crippen molar-refractivity contribution < 1.29 is 9.53 Å². The Labute approximate surface area is 107 Å². The zero-order valence-electron chi connectivity index (χ0n) is 10.7. The molecule has 1 aromatic heterocycles. The van der Waals surface area contributed by atoms with Gasteiger partial charge >= 0.3 is 5.97 Å². The van der Waals surface area contributed by atoms with E-state index in [1.54, 1.807) is 17.8 Å². The highest BCUT2D eigenvalue weighted by Crippen LogP contribution is 2.13. The van der Waals surface area contributed by atoms with Crippen LogP contribution in [0.4, 0.5) is 0 Å². The molecule has 2 rings (SSSR count). The normalized spacial score (nSPS) is 17.5. The second kappa shape index (κ2) is 6.23. The quantitative estimate of drug-likeness (QED) is 0.823. The van der Waals surface area contributed by atoms with Crippen molar-refractivity contribution in [2.45, 2.75) is 32.7 Å². The first-order valence-electron chi connectivity index (χ1n) is 6.40. The van der Waals surface area contributed by atoms with Gasteiger partial charge in [-0.25, -0.2) is 0 Å². The lowest BCUT2D eigenvalue weighted by Gasteiger charge is -2.15. The summed E-state index contributed by atoms with van der Waals surface area (Å²) in [6, 6.07) is 0. The Morgan fingerprint density at radius 2 is 2.50 bits per heavy atom. The summed E-state index contributed by atoms with van der Waals surface area (Å²) in [5, 5.41) is 7.52. The number of nitrogens with zero attached hydrogens (tertiary/aromatic N) is 2. The molecule has 0 aliphatic carbocycles. The van der Waals surface area contributed by atoms with Gasteiger partial charge in [-0.05, 0) is 32.3 Å². The van der Waals surface area contributed by atoms with Gasteiger partial charge in [0.2, 0.25) is 0 Å². The number of nitrogens with one attached hydrogen (secondary N) is 1. The van der Waals surface area contributed by atoms with Crippen LogP contribution in [0.1, 0.15) is 31.7 Å². The van der Waals surface area contributed by atoms with E-state index in [0.29, 0.717) is 6.61 Å². The van der Waals surface area contributed by atoms with Crippen LogP contribution in [0.2, 0.25) is 0 Å². The molecule has 1 N–H and O–H groups in total. The van der Waals surface area contributed by atoms with Crippen molar-refractivity contribution in [1.29, 1.82) is 0 Å². The van der Waals surface area contributed by atoms with E-state index in [1.807, 2.05) is 6.20 Å². The van der Waals surface area contributed by atoms with Gasteiger partial charge < -0.3 is 10.1 Å². The summed E-state index contributed by atoms with van der Waals surface area (Å²) in [6.45, 7) is 3.42. The minimum absolute atomic E-state index is 0.171. The molecule has 0 spiro atoms. The maximum absolute atomic E-state index is 11.3. The number of carbonyl (C=O) groups is 1. The fourth-order valence-corrected chi connectivity index (χ4v) is 1.98. The maximum atomic E-state index is 11.3. The fraction of sp³-hybridized carbons (Fsp3) is 0.538. The summed E-state index contributed by atoms with van der Waals surface area (Å²) < 4.78 is 6.48. The second-order valence-electron chi connectivity index (χ2n) is 4.33. The van der Waals surface area contributed by atoms with E-state index in [1.165, 1.54) is 18.5 Å². The number of hydrogen-bond donors (Lipinski definition) is 1. The van der Waals surface area contributed by atoms with Crippen LogP contribution in [0.3, 0.4) is 0 Å². The molecule has 1 aromatic rings. The monoisotopic (exact) mass is 249 g/mol. The van der Waals surface area contributed by atoms with Crippen molar-refractivity contribution in [2.75, 3.05) is 13.2 Å². The van der Waals surface area contributed by atoms with Gasteiger partial charge in [0.15, 0.2) is 0 Å². The highest BCUT2D eigenvalue weighted by atomic mass is 16.5. The largest absolute Gasteiger partial charge is 0.465 e. The Hall–Kier alpha value is -1.78. The molecule has 2 heterocycles. The average molecular weight is 249 g/mol. The van der Waals surface area contributed by atoms with Crippen LogP contribution in [0.25, 0.3) is 6.08 Å². The molecule has 0 aromatic carbocycles. The molecule has 0 atom stereocenters. The van der Waals surface area contributed by atoms with Gasteiger partial charge in [0.1, 0.15) is 6.54 Å². The molecule has 5 nitrogen and oxygen atoms in total. The predicted molar refractivity (Wildman–Crippen MR) is 68.7 cm³/mol. The third kappa shape index (κ3) is 3.61. The number of esters is 1. The van der Waals surface area contributed by atoms with Gasteiger partial charge in [-0.2, -0.15) is 5.10 Å². The highest BCUT2D eigenvalue weighted by Gasteiger charge is 2.07. The summed E-state index contributed by atoms with van der Waals surface area (Å²) in [5.74, 6) is -0.254. The van der Waals surface area contributed by atoms with E-state index >= 15 is 0 Å². The summed E-state index contributed by atoms with van der Waals surface area (Å²) >= 11 is 0. The lowest BCUT2D eigenvalue weighted by Crippen LogP contribution is -2.19. The number of rotatable bonds is 4. The van der Waals surface area contributed by atoms with E-state index in [9.17, 15) is 4.79 Å². The predicted octanol–water partition coefficient (Wildman–Crippen LogP) is 1.56. The molecule has 0 bridgehead atoms. The highest BCUT2D eigenvalue weighted by molar-refractivity contribution is 5.69. The third-order valence-corrected chi connectivity index (χ3v) is 2.82. The average Bonchev–Trinajstić information content (AvgIpc) is 2.78. The van der Waals surface area contributed by atoms with Crippen LogP contribution in [0.5, 0.6) is 0 Å².